The van der Waals surface area contributed by atoms with Gasteiger partial charge in [0.2, 0.25) is 11.8 Å². The number of hydrogen-bond acceptors (Lipinski definition) is 6. The normalized spacial score (nSPS) is 14.4. The van der Waals surface area contributed by atoms with Gasteiger partial charge in [0.15, 0.2) is 0 Å². The van der Waals surface area contributed by atoms with Gasteiger partial charge in [-0.15, -0.1) is 0 Å². The third kappa shape index (κ3) is 7.68. The van der Waals surface area contributed by atoms with Crippen LogP contribution >= 0.6 is 0 Å². The molecule has 0 aromatic heterocycles. The van der Waals surface area contributed by atoms with Crippen LogP contribution in [0.2, 0.25) is 0 Å². The van der Waals surface area contributed by atoms with Gasteiger partial charge in [0.1, 0.15) is 29.9 Å². The molecule has 9 nitrogen and oxygen atoms in total. The minimum atomic E-state index is -4.33. The number of anilines is 1. The number of sulfonamides is 1. The zero-order chi connectivity index (χ0) is 31.9. The Balaban J connectivity index is 1.75. The van der Waals surface area contributed by atoms with E-state index >= 15 is 0 Å². The smallest absolute Gasteiger partial charge is 0.264 e. The van der Waals surface area contributed by atoms with E-state index in [1.807, 2.05) is 6.92 Å². The standard InChI is InChI=1S/C33H40FN3O6S/c1-23-14-17-28(18-15-23)44(40,41)37(30-20-27(42-3)16-19-31(30)43-4)22-32(38)36(21-25-10-8-9-13-29(25)34)24(2)33(39)35-26-11-6-5-7-12-26/h8-10,13-20,24,26H,5-7,11-12,21-22H2,1-4H3,(H,35,39)/t24-/m0/s1. The number of nitrogens with zero attached hydrogens (tertiary/aromatic N) is 2. The molecule has 2 amide bonds. The summed E-state index contributed by atoms with van der Waals surface area (Å²) in [7, 11) is -1.49. The van der Waals surface area contributed by atoms with E-state index in [0.717, 1.165) is 42.0 Å². The van der Waals surface area contributed by atoms with Crippen molar-refractivity contribution in [3.63, 3.8) is 0 Å². The summed E-state index contributed by atoms with van der Waals surface area (Å²) in [6, 6.07) is 15.9. The molecule has 0 heterocycles. The number of amides is 2. The molecule has 0 unspecified atom stereocenters. The maximum atomic E-state index is 14.8. The van der Waals surface area contributed by atoms with Gasteiger partial charge in [0.25, 0.3) is 10.0 Å². The van der Waals surface area contributed by atoms with Crippen LogP contribution in [-0.4, -0.2) is 58.0 Å². The molecule has 1 aliphatic carbocycles. The molecule has 1 fully saturated rings. The fourth-order valence-electron chi connectivity index (χ4n) is 5.30. The fraction of sp³-hybridized carbons (Fsp3) is 0.394. The molecule has 1 atom stereocenters. The zero-order valence-corrected chi connectivity index (χ0v) is 26.4. The number of nitrogens with one attached hydrogen (secondary N) is 1. The lowest BCUT2D eigenvalue weighted by atomic mass is 9.95. The van der Waals surface area contributed by atoms with E-state index in [2.05, 4.69) is 5.32 Å². The van der Waals surface area contributed by atoms with Gasteiger partial charge in [0.05, 0.1) is 24.8 Å². The highest BCUT2D eigenvalue weighted by Gasteiger charge is 2.35. The first kappa shape index (κ1) is 32.8. The Bertz CT molecular complexity index is 1560. The van der Waals surface area contributed by atoms with Crippen molar-refractivity contribution in [2.24, 2.45) is 0 Å². The second-order valence-corrected chi connectivity index (χ2v) is 12.9. The number of hydrogen-bond donors (Lipinski definition) is 1. The van der Waals surface area contributed by atoms with Gasteiger partial charge in [-0.05, 0) is 57.0 Å². The third-order valence-corrected chi connectivity index (χ3v) is 9.73. The van der Waals surface area contributed by atoms with Crippen LogP contribution in [0.4, 0.5) is 10.1 Å². The van der Waals surface area contributed by atoms with Gasteiger partial charge in [-0.1, -0.05) is 55.2 Å². The van der Waals surface area contributed by atoms with E-state index in [1.54, 1.807) is 37.3 Å². The molecule has 0 saturated heterocycles. The van der Waals surface area contributed by atoms with Crippen molar-refractivity contribution in [1.82, 2.24) is 10.2 Å². The Labute approximate surface area is 259 Å². The van der Waals surface area contributed by atoms with E-state index < -0.39 is 34.3 Å². The molecule has 0 aliphatic heterocycles. The maximum Gasteiger partial charge on any atom is 0.264 e. The van der Waals surface area contributed by atoms with Crippen molar-refractivity contribution >= 4 is 27.5 Å². The SMILES string of the molecule is COc1ccc(OC)c(N(CC(=O)N(Cc2ccccc2F)[C@@H](C)C(=O)NC2CCCCC2)S(=O)(=O)c2ccc(C)cc2)c1. The summed E-state index contributed by atoms with van der Waals surface area (Å²) in [5, 5.41) is 3.04. The average Bonchev–Trinajstić information content (AvgIpc) is 3.03. The van der Waals surface area contributed by atoms with Gasteiger partial charge >= 0.3 is 0 Å². The lowest BCUT2D eigenvalue weighted by molar-refractivity contribution is -0.139. The van der Waals surface area contributed by atoms with Crippen molar-refractivity contribution in [2.75, 3.05) is 25.1 Å². The summed E-state index contributed by atoms with van der Waals surface area (Å²) in [6.45, 7) is 2.48. The minimum Gasteiger partial charge on any atom is -0.497 e. The number of ether oxygens (including phenoxy) is 2. The molecular formula is C33H40FN3O6S. The van der Waals surface area contributed by atoms with Crippen LogP contribution < -0.4 is 19.1 Å². The lowest BCUT2D eigenvalue weighted by Crippen LogP contribution is -2.53. The first-order valence-corrected chi connectivity index (χ1v) is 16.1. The summed E-state index contributed by atoms with van der Waals surface area (Å²) in [4.78, 5) is 28.9. The van der Waals surface area contributed by atoms with Crippen molar-refractivity contribution < 1.29 is 31.9 Å². The highest BCUT2D eigenvalue weighted by molar-refractivity contribution is 7.92. The van der Waals surface area contributed by atoms with Crippen molar-refractivity contribution in [2.45, 2.75) is 69.5 Å². The van der Waals surface area contributed by atoms with Crippen LogP contribution in [0.25, 0.3) is 0 Å². The van der Waals surface area contributed by atoms with Crippen LogP contribution in [0.5, 0.6) is 11.5 Å². The van der Waals surface area contributed by atoms with Gasteiger partial charge < -0.3 is 19.7 Å². The molecule has 1 N–H and O–H groups in total. The topological polar surface area (TPSA) is 105 Å². The lowest BCUT2D eigenvalue weighted by Gasteiger charge is -2.33. The first-order valence-electron chi connectivity index (χ1n) is 14.7. The highest BCUT2D eigenvalue weighted by atomic mass is 32.2. The van der Waals surface area contributed by atoms with E-state index in [-0.39, 0.29) is 40.4 Å². The van der Waals surface area contributed by atoms with E-state index in [9.17, 15) is 22.4 Å². The molecule has 0 radical (unpaired) electrons. The molecule has 0 spiro atoms. The van der Waals surface area contributed by atoms with Crippen LogP contribution in [0, 0.1) is 12.7 Å². The number of methoxy groups -OCH3 is 2. The van der Waals surface area contributed by atoms with Gasteiger partial charge in [0, 0.05) is 24.2 Å². The monoisotopic (exact) mass is 625 g/mol. The molecular weight excluding hydrogens is 585 g/mol. The molecule has 1 saturated carbocycles. The van der Waals surface area contributed by atoms with Crippen LogP contribution in [0.15, 0.2) is 71.6 Å². The predicted octanol–water partition coefficient (Wildman–Crippen LogP) is 5.21. The molecule has 1 aliphatic rings. The van der Waals surface area contributed by atoms with Crippen molar-refractivity contribution in [3.8, 4) is 11.5 Å². The van der Waals surface area contributed by atoms with Gasteiger partial charge in [-0.25, -0.2) is 12.8 Å². The molecule has 236 valence electrons. The molecule has 11 heteroatoms. The largest absolute Gasteiger partial charge is 0.497 e. The number of aryl methyl sites for hydroxylation is 1. The van der Waals surface area contributed by atoms with Crippen LogP contribution in [-0.2, 0) is 26.2 Å². The Morgan fingerprint density at radius 1 is 0.977 bits per heavy atom. The second-order valence-electron chi connectivity index (χ2n) is 11.0. The minimum absolute atomic E-state index is 0.0106. The quantitative estimate of drug-likeness (QED) is 0.296. The zero-order valence-electron chi connectivity index (χ0n) is 25.6. The number of carbonyl (C=O) groups excluding carboxylic acids is 2. The van der Waals surface area contributed by atoms with Crippen LogP contribution in [0.3, 0.4) is 0 Å². The van der Waals surface area contributed by atoms with Crippen LogP contribution in [0.1, 0.15) is 50.2 Å². The summed E-state index contributed by atoms with van der Waals surface area (Å²) in [6.07, 6.45) is 4.81. The molecule has 4 rings (SSSR count). The number of carbonyl (C=O) groups is 2. The highest BCUT2D eigenvalue weighted by Crippen LogP contribution is 2.36. The van der Waals surface area contributed by atoms with E-state index in [1.165, 1.54) is 55.5 Å². The van der Waals surface area contributed by atoms with E-state index in [0.29, 0.717) is 5.75 Å². The average molecular weight is 626 g/mol. The summed E-state index contributed by atoms with van der Waals surface area (Å²) < 4.78 is 55.0. The second kappa shape index (κ2) is 14.6. The summed E-state index contributed by atoms with van der Waals surface area (Å²) in [5.41, 5.74) is 1.13. The Morgan fingerprint density at radius 2 is 1.66 bits per heavy atom. The summed E-state index contributed by atoms with van der Waals surface area (Å²) in [5.74, 6) is -1.07. The molecule has 44 heavy (non-hydrogen) atoms. The Hall–Kier alpha value is -4.12. The van der Waals surface area contributed by atoms with Crippen molar-refractivity contribution in [1.29, 1.82) is 0 Å². The third-order valence-electron chi connectivity index (χ3n) is 7.96. The summed E-state index contributed by atoms with van der Waals surface area (Å²) >= 11 is 0. The fourth-order valence-corrected chi connectivity index (χ4v) is 6.72. The van der Waals surface area contributed by atoms with E-state index in [4.69, 9.17) is 9.47 Å². The predicted molar refractivity (Wildman–Crippen MR) is 167 cm³/mol. The number of rotatable bonds is 12. The van der Waals surface area contributed by atoms with Crippen molar-refractivity contribution in [3.05, 3.63) is 83.7 Å². The first-order chi connectivity index (χ1) is 21.0. The Kier molecular flexibility index (Phi) is 10.9. The molecule has 3 aromatic carbocycles. The number of benzene rings is 3. The number of halogens is 1. The van der Waals surface area contributed by atoms with Gasteiger partial charge in [-0.2, -0.15) is 0 Å². The maximum absolute atomic E-state index is 14.8. The molecule has 3 aromatic rings. The Morgan fingerprint density at radius 3 is 2.30 bits per heavy atom. The molecule has 0 bridgehead atoms. The van der Waals surface area contributed by atoms with Gasteiger partial charge in [-0.3, -0.25) is 13.9 Å².